The first kappa shape index (κ1) is 12.7. The van der Waals surface area contributed by atoms with Gasteiger partial charge in [0.05, 0.1) is 6.04 Å². The first-order chi connectivity index (χ1) is 9.16. The van der Waals surface area contributed by atoms with Crippen molar-refractivity contribution in [3.63, 3.8) is 0 Å². The molecule has 1 aromatic rings. The predicted molar refractivity (Wildman–Crippen MR) is 76.0 cm³/mol. The van der Waals surface area contributed by atoms with Crippen LogP contribution in [0, 0.1) is 5.41 Å². The Morgan fingerprint density at radius 2 is 2.05 bits per heavy atom. The fourth-order valence-electron chi connectivity index (χ4n) is 3.34. The summed E-state index contributed by atoms with van der Waals surface area (Å²) < 4.78 is 0. The molecule has 3 heteroatoms. The van der Waals surface area contributed by atoms with Gasteiger partial charge in [-0.3, -0.25) is 4.79 Å². The van der Waals surface area contributed by atoms with Crippen LogP contribution in [0.4, 0.5) is 0 Å². The van der Waals surface area contributed by atoms with Crippen LogP contribution in [0.1, 0.15) is 30.9 Å². The lowest BCUT2D eigenvalue weighted by Crippen LogP contribution is -2.44. The fraction of sp³-hybridized carbons (Fsp3) is 0.562. The van der Waals surface area contributed by atoms with Crippen molar-refractivity contribution in [2.45, 2.75) is 38.6 Å². The zero-order valence-corrected chi connectivity index (χ0v) is 11.5. The molecule has 0 aromatic heterocycles. The van der Waals surface area contributed by atoms with Crippen molar-refractivity contribution in [1.82, 2.24) is 10.6 Å². The highest BCUT2D eigenvalue weighted by Gasteiger charge is 2.33. The molecule has 1 heterocycles. The molecule has 0 bridgehead atoms. The van der Waals surface area contributed by atoms with Gasteiger partial charge in [-0.05, 0) is 48.8 Å². The molecule has 1 saturated heterocycles. The summed E-state index contributed by atoms with van der Waals surface area (Å²) in [6, 6.07) is 8.66. The van der Waals surface area contributed by atoms with Crippen LogP contribution in [0.15, 0.2) is 24.3 Å². The van der Waals surface area contributed by atoms with Gasteiger partial charge in [0.25, 0.3) is 0 Å². The Morgan fingerprint density at radius 1 is 1.37 bits per heavy atom. The Hall–Kier alpha value is -1.35. The Labute approximate surface area is 114 Å². The average Bonchev–Trinajstić information content (AvgIpc) is 3.02. The fourth-order valence-corrected chi connectivity index (χ4v) is 3.34. The van der Waals surface area contributed by atoms with Crippen molar-refractivity contribution in [1.29, 1.82) is 0 Å². The number of nitrogens with one attached hydrogen (secondary N) is 2. The van der Waals surface area contributed by atoms with Crippen LogP contribution in [-0.4, -0.2) is 25.0 Å². The van der Waals surface area contributed by atoms with Crippen molar-refractivity contribution in [3.8, 4) is 0 Å². The second-order valence-corrected chi connectivity index (χ2v) is 6.30. The van der Waals surface area contributed by atoms with Crippen LogP contribution in [0.2, 0.25) is 0 Å². The van der Waals surface area contributed by atoms with Gasteiger partial charge >= 0.3 is 0 Å². The normalized spacial score (nSPS) is 24.2. The van der Waals surface area contributed by atoms with E-state index < -0.39 is 0 Å². The second-order valence-electron chi connectivity index (χ2n) is 6.30. The monoisotopic (exact) mass is 258 g/mol. The van der Waals surface area contributed by atoms with Gasteiger partial charge in [0.1, 0.15) is 0 Å². The van der Waals surface area contributed by atoms with Crippen molar-refractivity contribution in [2.24, 2.45) is 5.41 Å². The molecule has 19 heavy (non-hydrogen) atoms. The third kappa shape index (κ3) is 2.66. The van der Waals surface area contributed by atoms with Gasteiger partial charge < -0.3 is 10.6 Å². The van der Waals surface area contributed by atoms with E-state index in [4.69, 9.17) is 0 Å². The molecule has 3 rings (SSSR count). The van der Waals surface area contributed by atoms with Gasteiger partial charge in [0, 0.05) is 6.54 Å². The third-order valence-electron chi connectivity index (χ3n) is 4.42. The smallest absolute Gasteiger partial charge is 0.237 e. The van der Waals surface area contributed by atoms with Crippen LogP contribution in [0.5, 0.6) is 0 Å². The highest BCUT2D eigenvalue weighted by Crippen LogP contribution is 2.35. The molecule has 0 saturated carbocycles. The SMILES string of the molecule is CC1(CNC(=O)C2CCCN2)Cc2ccccc2C1. The summed E-state index contributed by atoms with van der Waals surface area (Å²) in [7, 11) is 0. The maximum absolute atomic E-state index is 12.0. The van der Waals surface area contributed by atoms with E-state index in [1.807, 2.05) is 0 Å². The molecule has 0 spiro atoms. The summed E-state index contributed by atoms with van der Waals surface area (Å²) in [6.07, 6.45) is 4.23. The van der Waals surface area contributed by atoms with Crippen LogP contribution >= 0.6 is 0 Å². The summed E-state index contributed by atoms with van der Waals surface area (Å²) in [5.74, 6) is 0.176. The molecule has 102 valence electrons. The van der Waals surface area contributed by atoms with E-state index in [2.05, 4.69) is 41.8 Å². The van der Waals surface area contributed by atoms with Gasteiger partial charge in [-0.1, -0.05) is 31.2 Å². The van der Waals surface area contributed by atoms with E-state index in [1.54, 1.807) is 0 Å². The third-order valence-corrected chi connectivity index (χ3v) is 4.42. The van der Waals surface area contributed by atoms with Crippen LogP contribution in [0.3, 0.4) is 0 Å². The van der Waals surface area contributed by atoms with E-state index in [0.29, 0.717) is 0 Å². The Balaban J connectivity index is 1.57. The Kier molecular flexibility index (Phi) is 3.31. The number of benzene rings is 1. The van der Waals surface area contributed by atoms with Gasteiger partial charge in [-0.2, -0.15) is 0 Å². The lowest BCUT2D eigenvalue weighted by Gasteiger charge is -2.25. The average molecular weight is 258 g/mol. The van der Waals surface area contributed by atoms with Crippen LogP contribution in [-0.2, 0) is 17.6 Å². The van der Waals surface area contributed by atoms with E-state index in [9.17, 15) is 4.79 Å². The molecular weight excluding hydrogens is 236 g/mol. The van der Waals surface area contributed by atoms with E-state index >= 15 is 0 Å². The summed E-state index contributed by atoms with van der Waals surface area (Å²) in [5, 5.41) is 6.39. The quantitative estimate of drug-likeness (QED) is 0.865. The van der Waals surface area contributed by atoms with E-state index in [1.165, 1.54) is 11.1 Å². The predicted octanol–water partition coefficient (Wildman–Crippen LogP) is 1.66. The number of carbonyl (C=O) groups excluding carboxylic acids is 1. The van der Waals surface area contributed by atoms with Gasteiger partial charge in [-0.15, -0.1) is 0 Å². The topological polar surface area (TPSA) is 41.1 Å². The molecule has 1 aromatic carbocycles. The van der Waals surface area contributed by atoms with Crippen molar-refractivity contribution >= 4 is 5.91 Å². The molecule has 1 atom stereocenters. The number of amides is 1. The number of rotatable bonds is 3. The molecule has 2 aliphatic rings. The summed E-state index contributed by atoms with van der Waals surface area (Å²) in [5.41, 5.74) is 3.06. The van der Waals surface area contributed by atoms with Crippen molar-refractivity contribution in [3.05, 3.63) is 35.4 Å². The number of carbonyl (C=O) groups is 1. The summed E-state index contributed by atoms with van der Waals surface area (Å²) in [6.45, 7) is 4.02. The first-order valence-corrected chi connectivity index (χ1v) is 7.24. The largest absolute Gasteiger partial charge is 0.354 e. The zero-order chi connectivity index (χ0) is 13.3. The van der Waals surface area contributed by atoms with Crippen molar-refractivity contribution in [2.75, 3.05) is 13.1 Å². The number of fused-ring (bicyclic) bond motifs is 1. The lowest BCUT2D eigenvalue weighted by atomic mass is 9.87. The lowest BCUT2D eigenvalue weighted by molar-refractivity contribution is -0.123. The van der Waals surface area contributed by atoms with E-state index in [0.717, 1.165) is 38.8 Å². The van der Waals surface area contributed by atoms with Gasteiger partial charge in [-0.25, -0.2) is 0 Å². The Bertz CT molecular complexity index is 452. The molecule has 1 fully saturated rings. The molecule has 1 unspecified atom stereocenters. The molecule has 2 N–H and O–H groups in total. The zero-order valence-electron chi connectivity index (χ0n) is 11.5. The maximum atomic E-state index is 12.0. The summed E-state index contributed by atoms with van der Waals surface area (Å²) in [4.78, 5) is 12.0. The molecule has 0 radical (unpaired) electrons. The molecular formula is C16H22N2O. The van der Waals surface area contributed by atoms with Crippen LogP contribution < -0.4 is 10.6 Å². The highest BCUT2D eigenvalue weighted by atomic mass is 16.2. The molecule has 3 nitrogen and oxygen atoms in total. The molecule has 1 aliphatic carbocycles. The molecule has 1 amide bonds. The minimum Gasteiger partial charge on any atom is -0.354 e. The summed E-state index contributed by atoms with van der Waals surface area (Å²) >= 11 is 0. The Morgan fingerprint density at radius 3 is 2.63 bits per heavy atom. The van der Waals surface area contributed by atoms with Gasteiger partial charge in [0.2, 0.25) is 5.91 Å². The van der Waals surface area contributed by atoms with E-state index in [-0.39, 0.29) is 17.4 Å². The highest BCUT2D eigenvalue weighted by molar-refractivity contribution is 5.82. The first-order valence-electron chi connectivity index (χ1n) is 7.24. The number of hydrogen-bond donors (Lipinski definition) is 2. The minimum absolute atomic E-state index is 0.0346. The van der Waals surface area contributed by atoms with Crippen LogP contribution in [0.25, 0.3) is 0 Å². The maximum Gasteiger partial charge on any atom is 0.237 e. The number of hydrogen-bond acceptors (Lipinski definition) is 2. The van der Waals surface area contributed by atoms with Crippen molar-refractivity contribution < 1.29 is 4.79 Å². The molecule has 1 aliphatic heterocycles. The minimum atomic E-state index is 0.0346. The van der Waals surface area contributed by atoms with Gasteiger partial charge in [0.15, 0.2) is 0 Å². The standard InChI is InChI=1S/C16H22N2O/c1-16(9-12-5-2-3-6-13(12)10-16)11-18-15(19)14-7-4-8-17-14/h2-3,5-6,14,17H,4,7-11H2,1H3,(H,18,19). The second kappa shape index (κ2) is 4.97.